The zero-order chi connectivity index (χ0) is 14.7. The molecule has 1 aromatic carbocycles. The second kappa shape index (κ2) is 6.61. The van der Waals surface area contributed by atoms with Crippen molar-refractivity contribution in [3.63, 3.8) is 0 Å². The normalized spacial score (nSPS) is 15.5. The number of thiazole rings is 1. The van der Waals surface area contributed by atoms with E-state index in [0.717, 1.165) is 12.2 Å². The minimum atomic E-state index is 0.670. The molecule has 1 aliphatic rings. The molecule has 3 rings (SSSR count). The zero-order valence-electron chi connectivity index (χ0n) is 12.9. The van der Waals surface area contributed by atoms with Crippen molar-refractivity contribution in [2.75, 3.05) is 6.61 Å². The molecule has 0 spiro atoms. The molecule has 1 saturated carbocycles. The lowest BCUT2D eigenvalue weighted by molar-refractivity contribution is 0.340. The van der Waals surface area contributed by atoms with E-state index in [1.54, 1.807) is 0 Å². The highest BCUT2D eigenvalue weighted by Crippen LogP contribution is 2.42. The van der Waals surface area contributed by atoms with Gasteiger partial charge in [-0.1, -0.05) is 19.8 Å². The van der Waals surface area contributed by atoms with E-state index in [2.05, 4.69) is 31.2 Å². The zero-order valence-corrected chi connectivity index (χ0v) is 13.7. The van der Waals surface area contributed by atoms with Gasteiger partial charge in [-0.15, -0.1) is 11.3 Å². The molecule has 2 nitrogen and oxygen atoms in total. The quantitative estimate of drug-likeness (QED) is 0.734. The fraction of sp³-hybridized carbons (Fsp3) is 0.500. The molecule has 2 aromatic rings. The van der Waals surface area contributed by atoms with Crippen LogP contribution in [-0.4, -0.2) is 11.6 Å². The standard InChI is InChI=1S/C18H23NOS/c1-3-16-19-17(13-7-5-6-8-13)18(21-16)14-9-11-15(12-10-14)20-4-2/h9-13H,3-8H2,1-2H3. The Bertz CT molecular complexity index is 582. The van der Waals surface area contributed by atoms with Crippen LogP contribution in [0.2, 0.25) is 0 Å². The van der Waals surface area contributed by atoms with Crippen LogP contribution in [0.5, 0.6) is 5.75 Å². The van der Waals surface area contributed by atoms with Gasteiger partial charge < -0.3 is 4.74 Å². The van der Waals surface area contributed by atoms with Gasteiger partial charge in [0.15, 0.2) is 0 Å². The first-order valence-electron chi connectivity index (χ1n) is 8.04. The molecule has 1 fully saturated rings. The Balaban J connectivity index is 1.94. The summed E-state index contributed by atoms with van der Waals surface area (Å²) in [7, 11) is 0. The summed E-state index contributed by atoms with van der Waals surface area (Å²) in [5.41, 5.74) is 2.64. The Morgan fingerprint density at radius 1 is 1.14 bits per heavy atom. The molecule has 0 aliphatic heterocycles. The first-order chi connectivity index (χ1) is 10.3. The lowest BCUT2D eigenvalue weighted by Crippen LogP contribution is -1.96. The first-order valence-corrected chi connectivity index (χ1v) is 8.86. The van der Waals surface area contributed by atoms with Gasteiger partial charge in [-0.2, -0.15) is 0 Å². The van der Waals surface area contributed by atoms with E-state index in [1.807, 2.05) is 18.3 Å². The molecule has 3 heteroatoms. The van der Waals surface area contributed by atoms with Crippen LogP contribution in [0.25, 0.3) is 10.4 Å². The van der Waals surface area contributed by atoms with E-state index < -0.39 is 0 Å². The highest BCUT2D eigenvalue weighted by molar-refractivity contribution is 7.15. The van der Waals surface area contributed by atoms with Crippen molar-refractivity contribution in [1.29, 1.82) is 0 Å². The van der Waals surface area contributed by atoms with Crippen LogP contribution in [-0.2, 0) is 6.42 Å². The minimum Gasteiger partial charge on any atom is -0.494 e. The van der Waals surface area contributed by atoms with E-state index in [0.29, 0.717) is 12.5 Å². The van der Waals surface area contributed by atoms with Gasteiger partial charge in [-0.05, 0) is 56.0 Å². The summed E-state index contributed by atoms with van der Waals surface area (Å²) < 4.78 is 5.54. The summed E-state index contributed by atoms with van der Waals surface area (Å²) in [5, 5.41) is 1.26. The second-order valence-corrected chi connectivity index (χ2v) is 6.70. The number of ether oxygens (including phenoxy) is 1. The molecule has 0 saturated heterocycles. The van der Waals surface area contributed by atoms with Gasteiger partial charge in [0.1, 0.15) is 5.75 Å². The van der Waals surface area contributed by atoms with Crippen LogP contribution < -0.4 is 4.74 Å². The van der Waals surface area contributed by atoms with Crippen molar-refractivity contribution in [2.45, 2.75) is 51.9 Å². The van der Waals surface area contributed by atoms with Gasteiger partial charge in [0.25, 0.3) is 0 Å². The van der Waals surface area contributed by atoms with Crippen molar-refractivity contribution in [1.82, 2.24) is 4.98 Å². The minimum absolute atomic E-state index is 0.670. The largest absolute Gasteiger partial charge is 0.494 e. The van der Waals surface area contributed by atoms with Crippen LogP contribution in [0.15, 0.2) is 24.3 Å². The summed E-state index contributed by atoms with van der Waals surface area (Å²) in [6.45, 7) is 4.93. The van der Waals surface area contributed by atoms with Crippen molar-refractivity contribution >= 4 is 11.3 Å². The number of nitrogens with zero attached hydrogens (tertiary/aromatic N) is 1. The Morgan fingerprint density at radius 3 is 2.48 bits per heavy atom. The molecule has 0 atom stereocenters. The summed E-state index contributed by atoms with van der Waals surface area (Å²) in [5.74, 6) is 1.62. The predicted molar refractivity (Wildman–Crippen MR) is 89.3 cm³/mol. The van der Waals surface area contributed by atoms with Crippen LogP contribution in [0.3, 0.4) is 0 Å². The van der Waals surface area contributed by atoms with Crippen LogP contribution in [0, 0.1) is 0 Å². The van der Waals surface area contributed by atoms with Gasteiger partial charge in [0, 0.05) is 5.92 Å². The SMILES string of the molecule is CCOc1ccc(-c2sc(CC)nc2C2CCCC2)cc1. The van der Waals surface area contributed by atoms with Crippen molar-refractivity contribution < 1.29 is 4.74 Å². The maximum atomic E-state index is 5.54. The number of aryl methyl sites for hydroxylation is 1. The van der Waals surface area contributed by atoms with Gasteiger partial charge in [-0.25, -0.2) is 4.98 Å². The van der Waals surface area contributed by atoms with Crippen LogP contribution in [0.1, 0.15) is 56.2 Å². The number of benzene rings is 1. The average molecular weight is 301 g/mol. The van der Waals surface area contributed by atoms with E-state index >= 15 is 0 Å². The molecule has 0 N–H and O–H groups in total. The van der Waals surface area contributed by atoms with E-state index in [-0.39, 0.29) is 0 Å². The van der Waals surface area contributed by atoms with Crippen molar-refractivity contribution in [2.24, 2.45) is 0 Å². The Morgan fingerprint density at radius 2 is 1.86 bits per heavy atom. The topological polar surface area (TPSA) is 22.1 Å². The highest BCUT2D eigenvalue weighted by Gasteiger charge is 2.24. The third-order valence-electron chi connectivity index (χ3n) is 4.17. The molecule has 0 amide bonds. The number of rotatable bonds is 5. The van der Waals surface area contributed by atoms with Crippen LogP contribution in [0.4, 0.5) is 0 Å². The van der Waals surface area contributed by atoms with Crippen molar-refractivity contribution in [3.05, 3.63) is 35.0 Å². The predicted octanol–water partition coefficient (Wildman–Crippen LogP) is 5.43. The fourth-order valence-corrected chi connectivity index (χ4v) is 4.18. The molecule has 112 valence electrons. The van der Waals surface area contributed by atoms with E-state index in [4.69, 9.17) is 9.72 Å². The third kappa shape index (κ3) is 3.13. The number of hydrogen-bond acceptors (Lipinski definition) is 3. The summed E-state index contributed by atoms with van der Waals surface area (Å²) in [4.78, 5) is 6.31. The molecule has 1 aliphatic carbocycles. The summed E-state index contributed by atoms with van der Waals surface area (Å²) in [6, 6.07) is 8.50. The van der Waals surface area contributed by atoms with Gasteiger partial charge >= 0.3 is 0 Å². The summed E-state index contributed by atoms with van der Waals surface area (Å²) in [6.07, 6.45) is 6.34. The van der Waals surface area contributed by atoms with E-state index in [1.165, 1.54) is 46.8 Å². The third-order valence-corrected chi connectivity index (χ3v) is 5.43. The monoisotopic (exact) mass is 301 g/mol. The van der Waals surface area contributed by atoms with Gasteiger partial charge in [0.2, 0.25) is 0 Å². The number of hydrogen-bond donors (Lipinski definition) is 0. The van der Waals surface area contributed by atoms with Gasteiger partial charge in [-0.3, -0.25) is 0 Å². The van der Waals surface area contributed by atoms with Gasteiger partial charge in [0.05, 0.1) is 22.2 Å². The van der Waals surface area contributed by atoms with Crippen LogP contribution >= 0.6 is 11.3 Å². The lowest BCUT2D eigenvalue weighted by Gasteiger charge is -2.09. The van der Waals surface area contributed by atoms with Crippen molar-refractivity contribution in [3.8, 4) is 16.2 Å². The Kier molecular flexibility index (Phi) is 4.59. The fourth-order valence-electron chi connectivity index (χ4n) is 3.08. The maximum absolute atomic E-state index is 5.54. The molecule has 21 heavy (non-hydrogen) atoms. The molecular weight excluding hydrogens is 278 g/mol. The second-order valence-electron chi connectivity index (χ2n) is 5.61. The smallest absolute Gasteiger partial charge is 0.119 e. The van der Waals surface area contributed by atoms with E-state index in [9.17, 15) is 0 Å². The number of aromatic nitrogens is 1. The molecule has 0 bridgehead atoms. The maximum Gasteiger partial charge on any atom is 0.119 e. The Hall–Kier alpha value is -1.35. The average Bonchev–Trinajstić information content (AvgIpc) is 3.17. The lowest BCUT2D eigenvalue weighted by atomic mass is 10.00. The Labute approximate surface area is 131 Å². The highest BCUT2D eigenvalue weighted by atomic mass is 32.1. The molecule has 0 radical (unpaired) electrons. The molecule has 0 unspecified atom stereocenters. The molecule has 1 aromatic heterocycles. The summed E-state index contributed by atoms with van der Waals surface area (Å²) >= 11 is 1.87. The first kappa shape index (κ1) is 14.6. The molecule has 1 heterocycles. The molecular formula is C18H23NOS.